The van der Waals surface area contributed by atoms with Gasteiger partial charge in [0.2, 0.25) is 11.8 Å². The van der Waals surface area contributed by atoms with Gasteiger partial charge in [0.25, 0.3) is 5.91 Å². The fourth-order valence-electron chi connectivity index (χ4n) is 4.42. The molecule has 8 heteroatoms. The van der Waals surface area contributed by atoms with Gasteiger partial charge in [0.05, 0.1) is 12.5 Å². The van der Waals surface area contributed by atoms with E-state index in [0.29, 0.717) is 49.8 Å². The lowest BCUT2D eigenvalue weighted by molar-refractivity contribution is -0.136. The number of nitrogens with one attached hydrogen (secondary N) is 1. The molecule has 1 aromatic heterocycles. The minimum atomic E-state index is -0.312. The molecule has 1 saturated heterocycles. The molecule has 0 spiro atoms. The van der Waals surface area contributed by atoms with Gasteiger partial charge < -0.3 is 19.6 Å². The number of carbonyl (C=O) groups excluding carboxylic acids is 3. The average Bonchev–Trinajstić information content (AvgIpc) is 3.38. The van der Waals surface area contributed by atoms with E-state index in [1.165, 1.54) is 7.05 Å². The zero-order chi connectivity index (χ0) is 18.3. The van der Waals surface area contributed by atoms with E-state index in [1.54, 1.807) is 4.90 Å². The zero-order valence-corrected chi connectivity index (χ0v) is 15.0. The Hall–Kier alpha value is -2.38. The minimum Gasteiger partial charge on any atom is -0.360 e. The normalized spacial score (nSPS) is 23.4. The Morgan fingerprint density at radius 2 is 2.04 bits per heavy atom. The van der Waals surface area contributed by atoms with Crippen LogP contribution in [0.1, 0.15) is 53.9 Å². The Labute approximate surface area is 151 Å². The Balaban J connectivity index is 1.45. The van der Waals surface area contributed by atoms with Gasteiger partial charge in [-0.3, -0.25) is 14.4 Å². The SMILES string of the molecule is CNC(=O)c1noc2c1CN(C(=O)C1CC(=O)N(C3CCCC3)C1)CC2. The summed E-state index contributed by atoms with van der Waals surface area (Å²) >= 11 is 0. The second-order valence-electron chi connectivity index (χ2n) is 7.41. The van der Waals surface area contributed by atoms with Crippen LogP contribution in [0.2, 0.25) is 0 Å². The van der Waals surface area contributed by atoms with Gasteiger partial charge in [-0.05, 0) is 12.8 Å². The molecule has 1 aliphatic carbocycles. The monoisotopic (exact) mass is 360 g/mol. The molecule has 3 aliphatic rings. The van der Waals surface area contributed by atoms with Crippen molar-refractivity contribution in [2.24, 2.45) is 5.92 Å². The molecular weight excluding hydrogens is 336 g/mol. The van der Waals surface area contributed by atoms with Gasteiger partial charge in [-0.25, -0.2) is 0 Å². The van der Waals surface area contributed by atoms with Crippen LogP contribution in [-0.2, 0) is 22.6 Å². The number of hydrogen-bond acceptors (Lipinski definition) is 5. The van der Waals surface area contributed by atoms with Crippen molar-refractivity contribution in [3.63, 3.8) is 0 Å². The third-order valence-electron chi connectivity index (χ3n) is 5.85. The summed E-state index contributed by atoms with van der Waals surface area (Å²) < 4.78 is 5.25. The lowest BCUT2D eigenvalue weighted by Gasteiger charge is -2.29. The van der Waals surface area contributed by atoms with E-state index < -0.39 is 0 Å². The highest BCUT2D eigenvalue weighted by atomic mass is 16.5. The van der Waals surface area contributed by atoms with E-state index >= 15 is 0 Å². The molecule has 8 nitrogen and oxygen atoms in total. The van der Waals surface area contributed by atoms with Crippen LogP contribution < -0.4 is 5.32 Å². The molecule has 1 unspecified atom stereocenters. The number of amides is 3. The predicted octanol–water partition coefficient (Wildman–Crippen LogP) is 0.710. The quantitative estimate of drug-likeness (QED) is 0.856. The number of hydrogen-bond donors (Lipinski definition) is 1. The summed E-state index contributed by atoms with van der Waals surface area (Å²) in [6.45, 7) is 1.37. The lowest BCUT2D eigenvalue weighted by Crippen LogP contribution is -2.41. The maximum atomic E-state index is 13.0. The summed E-state index contributed by atoms with van der Waals surface area (Å²) in [5.74, 6) is 0.168. The number of aromatic nitrogens is 1. The van der Waals surface area contributed by atoms with E-state index in [4.69, 9.17) is 4.52 Å². The first-order valence-corrected chi connectivity index (χ1v) is 9.36. The molecule has 26 heavy (non-hydrogen) atoms. The van der Waals surface area contributed by atoms with E-state index in [-0.39, 0.29) is 29.3 Å². The third-order valence-corrected chi connectivity index (χ3v) is 5.85. The van der Waals surface area contributed by atoms with Crippen LogP contribution >= 0.6 is 0 Å². The van der Waals surface area contributed by atoms with Crippen LogP contribution in [0.25, 0.3) is 0 Å². The minimum absolute atomic E-state index is 0.00597. The summed E-state index contributed by atoms with van der Waals surface area (Å²) in [6, 6.07) is 0.311. The van der Waals surface area contributed by atoms with Crippen molar-refractivity contribution in [3.8, 4) is 0 Å². The molecule has 140 valence electrons. The molecule has 1 atom stereocenters. The molecule has 0 bridgehead atoms. The molecule has 4 rings (SSSR count). The smallest absolute Gasteiger partial charge is 0.273 e. The summed E-state index contributed by atoms with van der Waals surface area (Å²) in [4.78, 5) is 40.9. The first-order valence-electron chi connectivity index (χ1n) is 9.36. The van der Waals surface area contributed by atoms with Crippen LogP contribution in [0, 0.1) is 5.92 Å². The van der Waals surface area contributed by atoms with Gasteiger partial charge in [0, 0.05) is 44.6 Å². The molecule has 2 aliphatic heterocycles. The predicted molar refractivity (Wildman–Crippen MR) is 91.1 cm³/mol. The van der Waals surface area contributed by atoms with Crippen molar-refractivity contribution in [3.05, 3.63) is 17.0 Å². The fraction of sp³-hybridized carbons (Fsp3) is 0.667. The molecule has 3 heterocycles. The topological polar surface area (TPSA) is 95.7 Å². The van der Waals surface area contributed by atoms with E-state index in [2.05, 4.69) is 10.5 Å². The number of rotatable bonds is 3. The Morgan fingerprint density at radius 1 is 1.27 bits per heavy atom. The van der Waals surface area contributed by atoms with Crippen LogP contribution in [0.5, 0.6) is 0 Å². The largest absolute Gasteiger partial charge is 0.360 e. The van der Waals surface area contributed by atoms with Crippen molar-refractivity contribution in [2.75, 3.05) is 20.1 Å². The van der Waals surface area contributed by atoms with Crippen LogP contribution in [0.3, 0.4) is 0 Å². The van der Waals surface area contributed by atoms with Crippen LogP contribution in [0.15, 0.2) is 4.52 Å². The van der Waals surface area contributed by atoms with Gasteiger partial charge in [-0.1, -0.05) is 18.0 Å². The standard InChI is InChI=1S/C18H24N4O4/c1-19-17(24)16-13-10-21(7-6-14(13)26-20-16)18(25)11-8-15(23)22(9-11)12-4-2-3-5-12/h11-12H,2-10H2,1H3,(H,19,24). The molecule has 1 saturated carbocycles. The second-order valence-corrected chi connectivity index (χ2v) is 7.41. The number of nitrogens with zero attached hydrogens (tertiary/aromatic N) is 3. The highest BCUT2D eigenvalue weighted by Gasteiger charge is 2.41. The number of fused-ring (bicyclic) bond motifs is 1. The molecule has 0 radical (unpaired) electrons. The van der Waals surface area contributed by atoms with Crippen molar-refractivity contribution < 1.29 is 18.9 Å². The van der Waals surface area contributed by atoms with Gasteiger partial charge in [0.15, 0.2) is 5.69 Å². The fourth-order valence-corrected chi connectivity index (χ4v) is 4.42. The van der Waals surface area contributed by atoms with Gasteiger partial charge in [-0.15, -0.1) is 0 Å². The van der Waals surface area contributed by atoms with Crippen molar-refractivity contribution >= 4 is 17.7 Å². The highest BCUT2D eigenvalue weighted by molar-refractivity contribution is 5.94. The lowest BCUT2D eigenvalue weighted by atomic mass is 10.0. The van der Waals surface area contributed by atoms with Crippen molar-refractivity contribution in [2.45, 2.75) is 51.1 Å². The zero-order valence-electron chi connectivity index (χ0n) is 15.0. The summed E-state index contributed by atoms with van der Waals surface area (Å²) in [7, 11) is 1.54. The summed E-state index contributed by atoms with van der Waals surface area (Å²) in [6.07, 6.45) is 5.27. The average molecular weight is 360 g/mol. The number of likely N-dealkylation sites (tertiary alicyclic amines) is 1. The molecule has 2 fully saturated rings. The van der Waals surface area contributed by atoms with Crippen molar-refractivity contribution in [1.29, 1.82) is 0 Å². The molecular formula is C18H24N4O4. The third kappa shape index (κ3) is 2.87. The maximum absolute atomic E-state index is 13.0. The molecule has 1 N–H and O–H groups in total. The highest BCUT2D eigenvalue weighted by Crippen LogP contribution is 2.31. The molecule has 0 aromatic carbocycles. The first kappa shape index (κ1) is 17.1. The summed E-state index contributed by atoms with van der Waals surface area (Å²) in [5.41, 5.74) is 0.927. The Kier molecular flexibility index (Phi) is 4.42. The summed E-state index contributed by atoms with van der Waals surface area (Å²) in [5, 5.41) is 6.39. The maximum Gasteiger partial charge on any atom is 0.273 e. The van der Waals surface area contributed by atoms with E-state index in [1.807, 2.05) is 4.90 Å². The van der Waals surface area contributed by atoms with Crippen molar-refractivity contribution in [1.82, 2.24) is 20.3 Å². The van der Waals surface area contributed by atoms with E-state index in [9.17, 15) is 14.4 Å². The molecule has 3 amide bonds. The van der Waals surface area contributed by atoms with Gasteiger partial charge >= 0.3 is 0 Å². The Morgan fingerprint density at radius 3 is 2.77 bits per heavy atom. The molecule has 1 aromatic rings. The van der Waals surface area contributed by atoms with E-state index in [0.717, 1.165) is 25.7 Å². The van der Waals surface area contributed by atoms with Crippen LogP contribution in [-0.4, -0.2) is 58.9 Å². The van der Waals surface area contributed by atoms with Gasteiger partial charge in [0.1, 0.15) is 5.76 Å². The second kappa shape index (κ2) is 6.74. The number of carbonyl (C=O) groups is 3. The van der Waals surface area contributed by atoms with Crippen LogP contribution in [0.4, 0.5) is 0 Å². The first-order chi connectivity index (χ1) is 12.6. The van der Waals surface area contributed by atoms with Gasteiger partial charge in [-0.2, -0.15) is 0 Å². The Bertz CT molecular complexity index is 738.